The van der Waals surface area contributed by atoms with Gasteiger partial charge in [0.2, 0.25) is 0 Å². The van der Waals surface area contributed by atoms with Crippen LogP contribution in [0.4, 0.5) is 0 Å². The van der Waals surface area contributed by atoms with Crippen LogP contribution in [0.15, 0.2) is 30.3 Å². The highest BCUT2D eigenvalue weighted by molar-refractivity contribution is 7.59. The number of carbonyl (C=O) groups is 1. The molecule has 2 radical (unpaired) electrons. The summed E-state index contributed by atoms with van der Waals surface area (Å²) in [5.74, 6) is -0.247. The molecule has 0 aromatic heterocycles. The minimum atomic E-state index is -1.28. The molecule has 0 atom stereocenters. The zero-order chi connectivity index (χ0) is 9.19. The van der Waals surface area contributed by atoms with Gasteiger partial charge in [-0.05, 0) is 13.8 Å². The van der Waals surface area contributed by atoms with Gasteiger partial charge in [0.05, 0.1) is 0 Å². The van der Waals surface area contributed by atoms with Gasteiger partial charge in [0, 0.05) is 19.1 Å². The number of hydrogen-bond donors (Lipinski definition) is 1. The first kappa shape index (κ1) is 12.2. The van der Waals surface area contributed by atoms with Crippen molar-refractivity contribution >= 4 is 19.3 Å². The van der Waals surface area contributed by atoms with Gasteiger partial charge in [0.1, 0.15) is 5.60 Å². The summed E-state index contributed by atoms with van der Waals surface area (Å²) in [4.78, 5) is 11.4. The van der Waals surface area contributed by atoms with E-state index < -0.39 is 5.60 Å². The normalized spacial score (nSPS) is 10.4. The predicted molar refractivity (Wildman–Crippen MR) is 54.7 cm³/mol. The monoisotopic (exact) mass is 196 g/mol. The number of rotatable bonds is 2. The Balaban J connectivity index is 0.00000144. The van der Waals surface area contributed by atoms with Crippen LogP contribution in [0, 0.1) is 0 Å². The molecular weight excluding hydrogens is 184 g/mol. The van der Waals surface area contributed by atoms with Gasteiger partial charge in [-0.1, -0.05) is 30.3 Å². The average molecular weight is 196 g/mol. The Hall–Kier alpha value is -0.800. The third kappa shape index (κ3) is 3.20. The first-order valence-corrected chi connectivity index (χ1v) is 3.84. The highest BCUT2D eigenvalue weighted by Crippen LogP contribution is 2.11. The van der Waals surface area contributed by atoms with Crippen LogP contribution >= 0.6 is 13.5 Å². The van der Waals surface area contributed by atoms with E-state index in [1.807, 2.05) is 6.07 Å². The molecule has 0 aliphatic rings. The minimum Gasteiger partial charge on any atom is -0.382 e. The Morgan fingerprint density at radius 2 is 1.69 bits per heavy atom. The van der Waals surface area contributed by atoms with Crippen molar-refractivity contribution in [3.63, 3.8) is 0 Å². The summed E-state index contributed by atoms with van der Waals surface area (Å²) in [6.07, 6.45) is 0. The fourth-order valence-corrected chi connectivity index (χ4v) is 0.943. The Morgan fingerprint density at radius 1 is 1.23 bits per heavy atom. The number of aliphatic hydroxyl groups is 1. The van der Waals surface area contributed by atoms with Crippen molar-refractivity contribution in [1.29, 1.82) is 0 Å². The van der Waals surface area contributed by atoms with Crippen molar-refractivity contribution in [2.24, 2.45) is 0 Å². The highest BCUT2D eigenvalue weighted by atomic mass is 32.1. The number of benzene rings is 1. The lowest BCUT2D eigenvalue weighted by molar-refractivity contribution is 0.0488. The van der Waals surface area contributed by atoms with Crippen LogP contribution in [-0.2, 0) is 0 Å². The SMILES string of the molecule is CC(C)(O)C(=O)c1ccccc1.[S]. The van der Waals surface area contributed by atoms with Crippen LogP contribution in [0.5, 0.6) is 0 Å². The minimum absolute atomic E-state index is 0. The quantitative estimate of drug-likeness (QED) is 0.737. The van der Waals surface area contributed by atoms with Gasteiger partial charge in [-0.15, -0.1) is 0 Å². The molecule has 0 aliphatic heterocycles. The van der Waals surface area contributed by atoms with E-state index in [9.17, 15) is 9.90 Å². The smallest absolute Gasteiger partial charge is 0.193 e. The maximum absolute atomic E-state index is 11.4. The second-order valence-corrected chi connectivity index (χ2v) is 3.25. The molecule has 13 heavy (non-hydrogen) atoms. The second kappa shape index (κ2) is 4.44. The maximum atomic E-state index is 11.4. The van der Waals surface area contributed by atoms with Crippen molar-refractivity contribution in [2.45, 2.75) is 19.4 Å². The van der Waals surface area contributed by atoms with Gasteiger partial charge in [-0.2, -0.15) is 0 Å². The number of carbonyl (C=O) groups excluding carboxylic acids is 1. The molecule has 2 nitrogen and oxygen atoms in total. The van der Waals surface area contributed by atoms with Crippen molar-refractivity contribution in [3.8, 4) is 0 Å². The number of hydrogen-bond acceptors (Lipinski definition) is 2. The summed E-state index contributed by atoms with van der Waals surface area (Å²) in [6.45, 7) is 2.98. The van der Waals surface area contributed by atoms with Gasteiger partial charge >= 0.3 is 0 Å². The first-order valence-electron chi connectivity index (χ1n) is 3.84. The summed E-state index contributed by atoms with van der Waals surface area (Å²) in [7, 11) is 0. The Labute approximate surface area is 85.0 Å². The lowest BCUT2D eigenvalue weighted by Gasteiger charge is -2.14. The van der Waals surface area contributed by atoms with Gasteiger partial charge in [0.15, 0.2) is 5.78 Å². The number of ketones is 1. The Bertz CT molecular complexity index is 275. The van der Waals surface area contributed by atoms with Crippen LogP contribution in [0.3, 0.4) is 0 Å². The van der Waals surface area contributed by atoms with Crippen molar-refractivity contribution in [3.05, 3.63) is 35.9 Å². The summed E-state index contributed by atoms with van der Waals surface area (Å²) in [6, 6.07) is 8.78. The summed E-state index contributed by atoms with van der Waals surface area (Å²) >= 11 is 0. The average Bonchev–Trinajstić information content (AvgIpc) is 2.03. The maximum Gasteiger partial charge on any atom is 0.193 e. The van der Waals surface area contributed by atoms with Crippen molar-refractivity contribution in [1.82, 2.24) is 0 Å². The molecule has 0 spiro atoms. The lowest BCUT2D eigenvalue weighted by Crippen LogP contribution is -2.30. The van der Waals surface area contributed by atoms with Crippen molar-refractivity contribution < 1.29 is 9.90 Å². The van der Waals surface area contributed by atoms with Crippen molar-refractivity contribution in [2.75, 3.05) is 0 Å². The molecule has 0 bridgehead atoms. The van der Waals surface area contributed by atoms with Crippen LogP contribution in [0.1, 0.15) is 24.2 Å². The van der Waals surface area contributed by atoms with E-state index in [0.29, 0.717) is 5.56 Å². The van der Waals surface area contributed by atoms with Crippen LogP contribution < -0.4 is 0 Å². The third-order valence-corrected chi connectivity index (χ3v) is 1.59. The van der Waals surface area contributed by atoms with Gasteiger partial charge in [-0.3, -0.25) is 4.79 Å². The molecule has 3 heteroatoms. The molecule has 0 aliphatic carbocycles. The fraction of sp³-hybridized carbons (Fsp3) is 0.300. The largest absolute Gasteiger partial charge is 0.382 e. The molecule has 0 saturated heterocycles. The molecule has 1 N–H and O–H groups in total. The standard InChI is InChI=1S/C10H12O2.S/c1-10(2,12)9(11)8-6-4-3-5-7-8;/h3-7,12H,1-2H3;. The van der Waals surface area contributed by atoms with Gasteiger partial charge in [0.25, 0.3) is 0 Å². The lowest BCUT2D eigenvalue weighted by atomic mass is 9.97. The molecule has 1 aromatic carbocycles. The van der Waals surface area contributed by atoms with Gasteiger partial charge in [-0.25, -0.2) is 0 Å². The van der Waals surface area contributed by atoms with Crippen LogP contribution in [0.25, 0.3) is 0 Å². The number of Topliss-reactive ketones (excluding diaryl/α,β-unsaturated/α-hetero) is 1. The van der Waals surface area contributed by atoms with E-state index in [1.54, 1.807) is 24.3 Å². The first-order chi connectivity index (χ1) is 5.52. The van der Waals surface area contributed by atoms with E-state index in [4.69, 9.17) is 0 Å². The van der Waals surface area contributed by atoms with E-state index in [0.717, 1.165) is 0 Å². The summed E-state index contributed by atoms with van der Waals surface area (Å²) < 4.78 is 0. The molecule has 1 aromatic rings. The van der Waals surface area contributed by atoms with E-state index in [2.05, 4.69) is 0 Å². The Morgan fingerprint density at radius 3 is 2.08 bits per heavy atom. The molecule has 0 unspecified atom stereocenters. The second-order valence-electron chi connectivity index (χ2n) is 3.25. The fourth-order valence-electron chi connectivity index (χ4n) is 0.943. The van der Waals surface area contributed by atoms with Gasteiger partial charge < -0.3 is 5.11 Å². The summed E-state index contributed by atoms with van der Waals surface area (Å²) in [5, 5.41) is 9.39. The highest BCUT2D eigenvalue weighted by Gasteiger charge is 2.24. The topological polar surface area (TPSA) is 37.3 Å². The third-order valence-electron chi connectivity index (χ3n) is 1.59. The predicted octanol–water partition coefficient (Wildman–Crippen LogP) is 2.29. The molecule has 0 heterocycles. The van der Waals surface area contributed by atoms with E-state index >= 15 is 0 Å². The summed E-state index contributed by atoms with van der Waals surface area (Å²) in [5.41, 5.74) is -0.730. The van der Waals surface area contributed by atoms with E-state index in [-0.39, 0.29) is 19.3 Å². The zero-order valence-electron chi connectivity index (χ0n) is 7.65. The molecule has 70 valence electrons. The molecule has 0 saturated carbocycles. The molecule has 1 rings (SSSR count). The molecule has 0 amide bonds. The van der Waals surface area contributed by atoms with Crippen LogP contribution in [-0.4, -0.2) is 16.5 Å². The molecular formula is C10H12O2S. The zero-order valence-corrected chi connectivity index (χ0v) is 8.47. The van der Waals surface area contributed by atoms with Crippen LogP contribution in [0.2, 0.25) is 0 Å². The Kier molecular flexibility index (Phi) is 4.17. The van der Waals surface area contributed by atoms with E-state index in [1.165, 1.54) is 13.8 Å². The molecule has 0 fully saturated rings.